The van der Waals surface area contributed by atoms with Gasteiger partial charge < -0.3 is 5.11 Å². The molecule has 102 valence electrons. The molecule has 1 N–H and O–H groups in total. The molecule has 0 radical (unpaired) electrons. The number of aliphatic carboxylic acids is 1. The van der Waals surface area contributed by atoms with Gasteiger partial charge in [0.25, 0.3) is 0 Å². The molecule has 19 heavy (non-hydrogen) atoms. The Hall–Kier alpha value is -1.35. The first-order valence-electron chi connectivity index (χ1n) is 7.28. The van der Waals surface area contributed by atoms with Crippen LogP contribution in [0.3, 0.4) is 0 Å². The van der Waals surface area contributed by atoms with Gasteiger partial charge in [0.05, 0.1) is 0 Å². The number of rotatable bonds is 3. The van der Waals surface area contributed by atoms with Crippen LogP contribution >= 0.6 is 0 Å². The summed E-state index contributed by atoms with van der Waals surface area (Å²) in [7, 11) is 0. The number of hydrogen-bond donors (Lipinski definition) is 1. The van der Waals surface area contributed by atoms with Gasteiger partial charge in [-0.3, -0.25) is 9.69 Å². The highest BCUT2D eigenvalue weighted by Crippen LogP contribution is 2.40. The van der Waals surface area contributed by atoms with Crippen LogP contribution in [0.1, 0.15) is 37.7 Å². The van der Waals surface area contributed by atoms with Crippen LogP contribution in [0.25, 0.3) is 0 Å². The number of benzene rings is 1. The monoisotopic (exact) mass is 259 g/mol. The van der Waals surface area contributed by atoms with Gasteiger partial charge in [-0.05, 0) is 30.7 Å². The van der Waals surface area contributed by atoms with E-state index in [0.717, 1.165) is 13.0 Å². The van der Waals surface area contributed by atoms with Crippen LogP contribution < -0.4 is 0 Å². The predicted molar refractivity (Wildman–Crippen MR) is 73.8 cm³/mol. The summed E-state index contributed by atoms with van der Waals surface area (Å²) >= 11 is 0. The molecule has 1 aliphatic heterocycles. The number of hydrogen-bond acceptors (Lipinski definition) is 2. The molecule has 0 aromatic heterocycles. The Morgan fingerprint density at radius 1 is 1.21 bits per heavy atom. The molecular weight excluding hydrogens is 238 g/mol. The van der Waals surface area contributed by atoms with E-state index in [0.29, 0.717) is 12.0 Å². The summed E-state index contributed by atoms with van der Waals surface area (Å²) < 4.78 is 0. The van der Waals surface area contributed by atoms with Crippen molar-refractivity contribution in [2.75, 3.05) is 0 Å². The number of carbonyl (C=O) groups is 1. The zero-order valence-corrected chi connectivity index (χ0v) is 11.2. The van der Waals surface area contributed by atoms with Gasteiger partial charge in [-0.2, -0.15) is 0 Å². The van der Waals surface area contributed by atoms with Crippen molar-refractivity contribution >= 4 is 5.97 Å². The molecule has 1 saturated heterocycles. The van der Waals surface area contributed by atoms with Crippen LogP contribution in [0.15, 0.2) is 30.3 Å². The van der Waals surface area contributed by atoms with E-state index in [4.69, 9.17) is 0 Å². The second-order valence-electron chi connectivity index (χ2n) is 5.86. The van der Waals surface area contributed by atoms with E-state index < -0.39 is 5.97 Å². The smallest absolute Gasteiger partial charge is 0.320 e. The molecule has 1 aliphatic carbocycles. The highest BCUT2D eigenvalue weighted by Gasteiger charge is 2.44. The number of carboxylic acid groups (broad SMARTS) is 1. The van der Waals surface area contributed by atoms with Crippen molar-refractivity contribution in [3.05, 3.63) is 35.9 Å². The van der Waals surface area contributed by atoms with E-state index in [-0.39, 0.29) is 6.04 Å². The van der Waals surface area contributed by atoms with Crippen LogP contribution in [-0.4, -0.2) is 28.1 Å². The summed E-state index contributed by atoms with van der Waals surface area (Å²) in [6.07, 6.45) is 5.74. The zero-order chi connectivity index (χ0) is 13.2. The van der Waals surface area contributed by atoms with E-state index in [2.05, 4.69) is 17.0 Å². The minimum Gasteiger partial charge on any atom is -0.480 e. The molecular formula is C16H21NO2. The third-order valence-electron chi connectivity index (χ3n) is 4.71. The van der Waals surface area contributed by atoms with Crippen LogP contribution in [0, 0.1) is 5.92 Å². The third kappa shape index (κ3) is 2.52. The zero-order valence-electron chi connectivity index (χ0n) is 11.2. The van der Waals surface area contributed by atoms with Crippen molar-refractivity contribution in [2.24, 2.45) is 5.92 Å². The maximum atomic E-state index is 11.5. The normalized spacial score (nSPS) is 31.1. The largest absolute Gasteiger partial charge is 0.480 e. The van der Waals surface area contributed by atoms with Crippen molar-refractivity contribution < 1.29 is 9.90 Å². The molecule has 2 fully saturated rings. The lowest BCUT2D eigenvalue weighted by molar-refractivity contribution is -0.142. The molecule has 3 atom stereocenters. The number of nitrogens with zero attached hydrogens (tertiary/aromatic N) is 1. The first kappa shape index (κ1) is 12.7. The lowest BCUT2D eigenvalue weighted by Crippen LogP contribution is -2.41. The predicted octanol–water partition coefficient (Wildman–Crippen LogP) is 2.90. The number of likely N-dealkylation sites (tertiary alicyclic amines) is 1. The maximum absolute atomic E-state index is 11.5. The average molecular weight is 259 g/mol. The first-order chi connectivity index (χ1) is 9.25. The van der Waals surface area contributed by atoms with Gasteiger partial charge in [0.15, 0.2) is 0 Å². The lowest BCUT2D eigenvalue weighted by atomic mass is 9.84. The molecule has 1 saturated carbocycles. The summed E-state index contributed by atoms with van der Waals surface area (Å²) in [6, 6.07) is 10.4. The first-order valence-corrected chi connectivity index (χ1v) is 7.28. The summed E-state index contributed by atoms with van der Waals surface area (Å²) in [5.41, 5.74) is 1.22. The minimum atomic E-state index is -0.648. The summed E-state index contributed by atoms with van der Waals surface area (Å²) in [5, 5.41) is 9.47. The molecule has 3 nitrogen and oxygen atoms in total. The average Bonchev–Trinajstić information content (AvgIpc) is 2.79. The van der Waals surface area contributed by atoms with E-state index in [1.165, 1.54) is 31.2 Å². The molecule has 0 amide bonds. The maximum Gasteiger partial charge on any atom is 0.320 e. The van der Waals surface area contributed by atoms with Crippen molar-refractivity contribution in [2.45, 2.75) is 50.7 Å². The van der Waals surface area contributed by atoms with Gasteiger partial charge >= 0.3 is 5.97 Å². The Kier molecular flexibility index (Phi) is 3.56. The van der Waals surface area contributed by atoms with Crippen molar-refractivity contribution in [3.8, 4) is 0 Å². The molecule has 1 heterocycles. The fourth-order valence-electron chi connectivity index (χ4n) is 3.82. The fraction of sp³-hybridized carbons (Fsp3) is 0.562. The fourth-order valence-corrected chi connectivity index (χ4v) is 3.82. The highest BCUT2D eigenvalue weighted by molar-refractivity contribution is 5.74. The standard InChI is InChI=1S/C16H21NO2/c18-16(19)15-10-13-8-4-5-9-14(13)17(15)11-12-6-2-1-3-7-12/h1-3,6-7,13-15H,4-5,8-11H2,(H,18,19)/t13-,14+,15+/m1/s1. The van der Waals surface area contributed by atoms with Crippen LogP contribution in [0.4, 0.5) is 0 Å². The van der Waals surface area contributed by atoms with E-state index in [1.807, 2.05) is 18.2 Å². The molecule has 3 rings (SSSR count). The molecule has 2 aliphatic rings. The molecule has 0 spiro atoms. The van der Waals surface area contributed by atoms with Gasteiger partial charge in [0.2, 0.25) is 0 Å². The third-order valence-corrected chi connectivity index (χ3v) is 4.71. The van der Waals surface area contributed by atoms with Crippen LogP contribution in [0.5, 0.6) is 0 Å². The topological polar surface area (TPSA) is 40.5 Å². The molecule has 1 aromatic rings. The SMILES string of the molecule is O=C(O)[C@@H]1C[C@H]2CCCC[C@@H]2N1Cc1ccccc1. The number of carboxylic acids is 1. The molecule has 3 heteroatoms. The minimum absolute atomic E-state index is 0.284. The Morgan fingerprint density at radius 3 is 2.68 bits per heavy atom. The van der Waals surface area contributed by atoms with Gasteiger partial charge in [-0.1, -0.05) is 43.2 Å². The summed E-state index contributed by atoms with van der Waals surface area (Å²) in [6.45, 7) is 0.777. The Balaban J connectivity index is 1.80. The van der Waals surface area contributed by atoms with Gasteiger partial charge in [0.1, 0.15) is 6.04 Å². The molecule has 1 aromatic carbocycles. The lowest BCUT2D eigenvalue weighted by Gasteiger charge is -2.33. The summed E-state index contributed by atoms with van der Waals surface area (Å²) in [5.74, 6) is -0.0520. The van der Waals surface area contributed by atoms with Crippen molar-refractivity contribution in [3.63, 3.8) is 0 Å². The molecule has 0 bridgehead atoms. The second kappa shape index (κ2) is 5.33. The quantitative estimate of drug-likeness (QED) is 0.907. The Labute approximate surface area is 114 Å². The number of fused-ring (bicyclic) bond motifs is 1. The summed E-state index contributed by atoms with van der Waals surface area (Å²) in [4.78, 5) is 13.7. The molecule has 0 unspecified atom stereocenters. The van der Waals surface area contributed by atoms with Crippen molar-refractivity contribution in [1.29, 1.82) is 0 Å². The van der Waals surface area contributed by atoms with E-state index in [1.54, 1.807) is 0 Å². The Bertz CT molecular complexity index is 445. The second-order valence-corrected chi connectivity index (χ2v) is 5.86. The van der Waals surface area contributed by atoms with Crippen LogP contribution in [0.2, 0.25) is 0 Å². The van der Waals surface area contributed by atoms with Gasteiger partial charge in [-0.15, -0.1) is 0 Å². The van der Waals surface area contributed by atoms with Gasteiger partial charge in [-0.25, -0.2) is 0 Å². The Morgan fingerprint density at radius 2 is 1.95 bits per heavy atom. The van der Waals surface area contributed by atoms with Crippen molar-refractivity contribution in [1.82, 2.24) is 4.90 Å². The van der Waals surface area contributed by atoms with Crippen LogP contribution in [-0.2, 0) is 11.3 Å². The van der Waals surface area contributed by atoms with Gasteiger partial charge in [0, 0.05) is 12.6 Å². The van der Waals surface area contributed by atoms with E-state index >= 15 is 0 Å². The highest BCUT2D eigenvalue weighted by atomic mass is 16.4. The van der Waals surface area contributed by atoms with E-state index in [9.17, 15) is 9.90 Å².